The van der Waals surface area contributed by atoms with E-state index in [1.165, 1.54) is 6.92 Å². The van der Waals surface area contributed by atoms with Crippen molar-refractivity contribution in [2.45, 2.75) is 13.0 Å². The minimum atomic E-state index is -1.00. The topological polar surface area (TPSA) is 66.8 Å². The van der Waals surface area contributed by atoms with Crippen molar-refractivity contribution in [3.63, 3.8) is 0 Å². The van der Waals surface area contributed by atoms with Gasteiger partial charge in [0.05, 0.1) is 6.61 Å². The number of hydrogen-bond acceptors (Lipinski definition) is 4. The van der Waals surface area contributed by atoms with Crippen molar-refractivity contribution in [2.24, 2.45) is 0 Å². The molecule has 4 heteroatoms. The lowest BCUT2D eigenvalue weighted by molar-refractivity contribution is -0.142. The number of rotatable bonds is 4. The first kappa shape index (κ1) is 14.4. The fraction of sp³-hybridized carbons (Fsp3) is 0.444. The lowest BCUT2D eigenvalue weighted by Gasteiger charge is -2.07. The summed E-state index contributed by atoms with van der Waals surface area (Å²) in [6.07, 6.45) is -1.00. The highest BCUT2D eigenvalue weighted by Gasteiger charge is 2.07. The maximum Gasteiger partial charge on any atom is 0.333 e. The lowest BCUT2D eigenvalue weighted by Crippen LogP contribution is -2.22. The summed E-state index contributed by atoms with van der Waals surface area (Å²) in [6, 6.07) is 0. The zero-order valence-electron chi connectivity index (χ0n) is 7.82. The highest BCUT2D eigenvalue weighted by Crippen LogP contribution is 1.93. The summed E-state index contributed by atoms with van der Waals surface area (Å²) in [4.78, 5) is 10.6. The zero-order chi connectivity index (χ0) is 10.9. The van der Waals surface area contributed by atoms with Gasteiger partial charge in [0.15, 0.2) is 0 Å². The van der Waals surface area contributed by atoms with Crippen LogP contribution in [0.15, 0.2) is 25.3 Å². The van der Waals surface area contributed by atoms with E-state index in [1.807, 2.05) is 0 Å². The van der Waals surface area contributed by atoms with Crippen LogP contribution in [-0.4, -0.2) is 35.5 Å². The van der Waals surface area contributed by atoms with Gasteiger partial charge in [-0.1, -0.05) is 6.58 Å². The van der Waals surface area contributed by atoms with Crippen LogP contribution in [0, 0.1) is 0 Å². The van der Waals surface area contributed by atoms with Crippen molar-refractivity contribution in [1.82, 2.24) is 0 Å². The molecule has 0 aliphatic heterocycles. The molecule has 13 heavy (non-hydrogen) atoms. The standard InChI is InChI=1S/C7H12O4.C2H4/c1-5(2)7(10)11-4-6(9)3-8;1-2/h6,8-9H,1,3-4H2,2H3;1-2H2. The first-order valence-corrected chi connectivity index (χ1v) is 3.69. The Bertz CT molecular complexity index is 165. The SMILES string of the molecule is C=C.C=C(C)C(=O)OCC(O)CO. The second-order valence-corrected chi connectivity index (χ2v) is 2.22. The van der Waals surface area contributed by atoms with Gasteiger partial charge in [-0.3, -0.25) is 0 Å². The lowest BCUT2D eigenvalue weighted by atomic mass is 10.3. The Hall–Kier alpha value is -1.13. The van der Waals surface area contributed by atoms with Crippen LogP contribution in [0.25, 0.3) is 0 Å². The number of aliphatic hydroxyl groups excluding tert-OH is 2. The minimum Gasteiger partial charge on any atom is -0.460 e. The van der Waals surface area contributed by atoms with Gasteiger partial charge in [0.25, 0.3) is 0 Å². The molecular formula is C9H16O4. The molecule has 0 bridgehead atoms. The highest BCUT2D eigenvalue weighted by atomic mass is 16.5. The summed E-state index contributed by atoms with van der Waals surface area (Å²) in [6.45, 7) is 10.2. The number of ether oxygens (including phenoxy) is 1. The maximum absolute atomic E-state index is 10.6. The van der Waals surface area contributed by atoms with Crippen molar-refractivity contribution in [3.05, 3.63) is 25.3 Å². The van der Waals surface area contributed by atoms with Gasteiger partial charge in [-0.2, -0.15) is 0 Å². The fourth-order valence-electron chi connectivity index (χ4n) is 0.348. The Kier molecular flexibility index (Phi) is 9.93. The second kappa shape index (κ2) is 8.96. The molecule has 0 aromatic carbocycles. The van der Waals surface area contributed by atoms with Crippen molar-refractivity contribution in [1.29, 1.82) is 0 Å². The first-order valence-electron chi connectivity index (χ1n) is 3.69. The summed E-state index contributed by atoms with van der Waals surface area (Å²) < 4.78 is 4.51. The molecule has 0 radical (unpaired) electrons. The molecule has 1 unspecified atom stereocenters. The summed E-state index contributed by atoms with van der Waals surface area (Å²) in [5.74, 6) is -0.558. The number of hydrogen-bond donors (Lipinski definition) is 2. The molecule has 0 fully saturated rings. The molecule has 0 spiro atoms. The molecule has 0 heterocycles. The van der Waals surface area contributed by atoms with Crippen LogP contribution in [-0.2, 0) is 9.53 Å². The average Bonchev–Trinajstić information content (AvgIpc) is 2.16. The van der Waals surface area contributed by atoms with E-state index in [4.69, 9.17) is 10.2 Å². The quantitative estimate of drug-likeness (QED) is 0.377. The Morgan fingerprint density at radius 3 is 2.31 bits per heavy atom. The van der Waals surface area contributed by atoms with Gasteiger partial charge < -0.3 is 14.9 Å². The molecule has 0 aromatic heterocycles. The molecule has 76 valence electrons. The van der Waals surface area contributed by atoms with Crippen LogP contribution in [0.1, 0.15) is 6.92 Å². The Morgan fingerprint density at radius 2 is 2.00 bits per heavy atom. The van der Waals surface area contributed by atoms with E-state index in [1.54, 1.807) is 0 Å². The van der Waals surface area contributed by atoms with E-state index in [0.29, 0.717) is 0 Å². The van der Waals surface area contributed by atoms with E-state index in [-0.39, 0.29) is 12.2 Å². The van der Waals surface area contributed by atoms with Gasteiger partial charge in [-0.05, 0) is 6.92 Å². The summed E-state index contributed by atoms with van der Waals surface area (Å²) in [5.41, 5.74) is 0.273. The van der Waals surface area contributed by atoms with Crippen LogP contribution < -0.4 is 0 Å². The third-order valence-corrected chi connectivity index (χ3v) is 0.966. The van der Waals surface area contributed by atoms with Crippen LogP contribution in [0.5, 0.6) is 0 Å². The van der Waals surface area contributed by atoms with Crippen molar-refractivity contribution in [3.8, 4) is 0 Å². The van der Waals surface area contributed by atoms with E-state index < -0.39 is 18.7 Å². The van der Waals surface area contributed by atoms with Crippen molar-refractivity contribution < 1.29 is 19.7 Å². The number of esters is 1. The summed E-state index contributed by atoms with van der Waals surface area (Å²) in [7, 11) is 0. The predicted octanol–water partition coefficient (Wildman–Crippen LogP) is 0.261. The van der Waals surface area contributed by atoms with E-state index >= 15 is 0 Å². The van der Waals surface area contributed by atoms with E-state index in [9.17, 15) is 4.79 Å². The number of carbonyl (C=O) groups is 1. The zero-order valence-corrected chi connectivity index (χ0v) is 7.82. The first-order chi connectivity index (χ1) is 6.07. The summed E-state index contributed by atoms with van der Waals surface area (Å²) in [5, 5.41) is 17.1. The molecule has 0 aliphatic rings. The Balaban J connectivity index is 0. The van der Waals surface area contributed by atoms with E-state index in [2.05, 4.69) is 24.5 Å². The fourth-order valence-corrected chi connectivity index (χ4v) is 0.348. The average molecular weight is 188 g/mol. The normalized spacial score (nSPS) is 10.7. The van der Waals surface area contributed by atoms with Crippen LogP contribution in [0.2, 0.25) is 0 Å². The molecule has 1 atom stereocenters. The third-order valence-electron chi connectivity index (χ3n) is 0.966. The molecule has 0 saturated heterocycles. The van der Waals surface area contributed by atoms with Gasteiger partial charge in [0.2, 0.25) is 0 Å². The van der Waals surface area contributed by atoms with Crippen molar-refractivity contribution in [2.75, 3.05) is 13.2 Å². The molecule has 0 saturated carbocycles. The number of aliphatic hydroxyl groups is 2. The molecule has 0 aliphatic carbocycles. The van der Waals surface area contributed by atoms with Gasteiger partial charge in [0, 0.05) is 5.57 Å². The molecule has 0 rings (SSSR count). The Morgan fingerprint density at radius 1 is 1.54 bits per heavy atom. The smallest absolute Gasteiger partial charge is 0.333 e. The molecular weight excluding hydrogens is 172 g/mol. The molecule has 2 N–H and O–H groups in total. The minimum absolute atomic E-state index is 0.192. The van der Waals surface area contributed by atoms with Crippen LogP contribution in [0.3, 0.4) is 0 Å². The van der Waals surface area contributed by atoms with Gasteiger partial charge >= 0.3 is 5.97 Å². The summed E-state index contributed by atoms with van der Waals surface area (Å²) >= 11 is 0. The predicted molar refractivity (Wildman–Crippen MR) is 50.1 cm³/mol. The third kappa shape index (κ3) is 8.78. The maximum atomic E-state index is 10.6. The van der Waals surface area contributed by atoms with Crippen molar-refractivity contribution >= 4 is 5.97 Å². The van der Waals surface area contributed by atoms with E-state index in [0.717, 1.165) is 0 Å². The van der Waals surface area contributed by atoms with Gasteiger partial charge in [-0.15, -0.1) is 13.2 Å². The van der Waals surface area contributed by atoms with Crippen LogP contribution in [0.4, 0.5) is 0 Å². The highest BCUT2D eigenvalue weighted by molar-refractivity contribution is 5.86. The van der Waals surface area contributed by atoms with Gasteiger partial charge in [0.1, 0.15) is 12.7 Å². The molecule has 4 nitrogen and oxygen atoms in total. The molecule has 0 amide bonds. The molecule has 0 aromatic rings. The van der Waals surface area contributed by atoms with Gasteiger partial charge in [-0.25, -0.2) is 4.79 Å². The largest absolute Gasteiger partial charge is 0.460 e. The monoisotopic (exact) mass is 188 g/mol. The Labute approximate surface area is 78.1 Å². The number of carbonyl (C=O) groups excluding carboxylic acids is 1. The second-order valence-electron chi connectivity index (χ2n) is 2.22. The van der Waals surface area contributed by atoms with Crippen LogP contribution >= 0.6 is 0 Å².